The van der Waals surface area contributed by atoms with Gasteiger partial charge >= 0.3 is 0 Å². The summed E-state index contributed by atoms with van der Waals surface area (Å²) in [4.78, 5) is 0. The van der Waals surface area contributed by atoms with Gasteiger partial charge < -0.3 is 4.74 Å². The number of nitrogens with zero attached hydrogens (tertiary/aromatic N) is 1. The third-order valence-corrected chi connectivity index (χ3v) is 5.21. The fraction of sp³-hybridized carbons (Fsp3) is 1.00. The summed E-state index contributed by atoms with van der Waals surface area (Å²) < 4.78 is 31.0. The highest BCUT2D eigenvalue weighted by atomic mass is 79.9. The van der Waals surface area contributed by atoms with Crippen molar-refractivity contribution < 1.29 is 13.2 Å². The molecule has 1 rings (SSSR count). The molecule has 1 saturated heterocycles. The third-order valence-electron chi connectivity index (χ3n) is 2.62. The zero-order chi connectivity index (χ0) is 12.2. The van der Waals surface area contributed by atoms with Crippen molar-refractivity contribution in [3.8, 4) is 0 Å². The molecule has 0 saturated carbocycles. The van der Waals surface area contributed by atoms with Gasteiger partial charge in [-0.25, -0.2) is 8.42 Å². The minimum Gasteiger partial charge on any atom is -0.375 e. The predicted octanol–water partition coefficient (Wildman–Crippen LogP) is 1.46. The lowest BCUT2D eigenvalue weighted by Crippen LogP contribution is -2.47. The van der Waals surface area contributed by atoms with Crippen LogP contribution >= 0.6 is 15.9 Å². The van der Waals surface area contributed by atoms with Crippen LogP contribution in [0.5, 0.6) is 0 Å². The molecule has 1 unspecified atom stereocenters. The quantitative estimate of drug-likeness (QED) is 0.722. The van der Waals surface area contributed by atoms with E-state index in [0.29, 0.717) is 30.9 Å². The van der Waals surface area contributed by atoms with Gasteiger partial charge in [-0.2, -0.15) is 4.31 Å². The first-order chi connectivity index (χ1) is 7.45. The van der Waals surface area contributed by atoms with Crippen molar-refractivity contribution in [1.82, 2.24) is 4.31 Å². The highest BCUT2D eigenvalue weighted by molar-refractivity contribution is 9.09. The smallest absolute Gasteiger partial charge is 0.214 e. The molecule has 96 valence electrons. The highest BCUT2D eigenvalue weighted by Crippen LogP contribution is 2.14. The molecule has 1 heterocycles. The monoisotopic (exact) mass is 313 g/mol. The van der Waals surface area contributed by atoms with Gasteiger partial charge in [0.25, 0.3) is 0 Å². The molecule has 0 N–H and O–H groups in total. The Morgan fingerprint density at radius 3 is 2.75 bits per heavy atom. The summed E-state index contributed by atoms with van der Waals surface area (Å²) >= 11 is 3.32. The van der Waals surface area contributed by atoms with E-state index in [1.807, 2.05) is 13.8 Å². The van der Waals surface area contributed by atoms with Gasteiger partial charge in [-0.05, 0) is 12.3 Å². The van der Waals surface area contributed by atoms with Crippen molar-refractivity contribution in [1.29, 1.82) is 0 Å². The Morgan fingerprint density at radius 2 is 2.19 bits per heavy atom. The number of ether oxygens (including phenoxy) is 1. The summed E-state index contributed by atoms with van der Waals surface area (Å²) in [7, 11) is -3.09. The number of rotatable bonds is 5. The highest BCUT2D eigenvalue weighted by Gasteiger charge is 2.28. The summed E-state index contributed by atoms with van der Waals surface area (Å²) in [6.07, 6.45) is 0.709. The zero-order valence-corrected chi connectivity index (χ0v) is 12.3. The van der Waals surface area contributed by atoms with Crippen LogP contribution in [-0.4, -0.2) is 49.6 Å². The van der Waals surface area contributed by atoms with Crippen LogP contribution in [0.2, 0.25) is 0 Å². The molecule has 0 aliphatic carbocycles. The fourth-order valence-electron chi connectivity index (χ4n) is 1.55. The standard InChI is InChI=1S/C10H20BrNO3S/c1-9(2)3-6-16(13,14)12-4-5-15-10(7-11)8-12/h9-10H,3-8H2,1-2H3. The largest absolute Gasteiger partial charge is 0.375 e. The van der Waals surface area contributed by atoms with E-state index >= 15 is 0 Å². The van der Waals surface area contributed by atoms with Crippen LogP contribution in [0.15, 0.2) is 0 Å². The molecule has 0 spiro atoms. The number of halogens is 1. The second-order valence-corrected chi connectivity index (χ2v) is 7.24. The molecule has 0 amide bonds. The maximum Gasteiger partial charge on any atom is 0.214 e. The molecule has 6 heteroatoms. The van der Waals surface area contributed by atoms with E-state index in [2.05, 4.69) is 15.9 Å². The molecule has 0 aromatic carbocycles. The maximum absolute atomic E-state index is 12.0. The Bertz CT molecular complexity index is 305. The van der Waals surface area contributed by atoms with Crippen molar-refractivity contribution >= 4 is 26.0 Å². The summed E-state index contributed by atoms with van der Waals surface area (Å²) in [5.41, 5.74) is 0. The molecule has 1 fully saturated rings. The molecule has 1 atom stereocenters. The molecule has 0 aromatic heterocycles. The topological polar surface area (TPSA) is 46.6 Å². The van der Waals surface area contributed by atoms with Gasteiger partial charge in [-0.3, -0.25) is 0 Å². The first-order valence-corrected chi connectivity index (χ1v) is 8.34. The Hall–Kier alpha value is 0.350. The molecule has 16 heavy (non-hydrogen) atoms. The molecule has 0 bridgehead atoms. The second-order valence-electron chi connectivity index (χ2n) is 4.50. The maximum atomic E-state index is 12.0. The van der Waals surface area contributed by atoms with Gasteiger partial charge in [0.1, 0.15) is 0 Å². The van der Waals surface area contributed by atoms with Crippen LogP contribution in [0.25, 0.3) is 0 Å². The van der Waals surface area contributed by atoms with Crippen LogP contribution in [0, 0.1) is 5.92 Å². The van der Waals surface area contributed by atoms with Gasteiger partial charge in [0, 0.05) is 18.4 Å². The first-order valence-electron chi connectivity index (χ1n) is 5.61. The lowest BCUT2D eigenvalue weighted by Gasteiger charge is -2.31. The predicted molar refractivity (Wildman–Crippen MR) is 68.3 cm³/mol. The molecule has 0 aromatic rings. The van der Waals surface area contributed by atoms with Crippen LogP contribution in [0.1, 0.15) is 20.3 Å². The van der Waals surface area contributed by atoms with E-state index in [-0.39, 0.29) is 11.9 Å². The summed E-state index contributed by atoms with van der Waals surface area (Å²) in [6, 6.07) is 0. The minimum absolute atomic E-state index is 0.0115. The Labute approximate surface area is 107 Å². The van der Waals surface area contributed by atoms with Gasteiger partial charge in [0.05, 0.1) is 18.5 Å². The average molecular weight is 314 g/mol. The van der Waals surface area contributed by atoms with Crippen molar-refractivity contribution in [3.63, 3.8) is 0 Å². The number of hydrogen-bond acceptors (Lipinski definition) is 3. The van der Waals surface area contributed by atoms with Gasteiger partial charge in [-0.15, -0.1) is 0 Å². The minimum atomic E-state index is -3.09. The number of hydrogen-bond donors (Lipinski definition) is 0. The molecule has 1 aliphatic rings. The zero-order valence-electron chi connectivity index (χ0n) is 9.86. The molecular weight excluding hydrogens is 294 g/mol. The number of alkyl halides is 1. The van der Waals surface area contributed by atoms with Gasteiger partial charge in [-0.1, -0.05) is 29.8 Å². The van der Waals surface area contributed by atoms with Crippen molar-refractivity contribution in [2.45, 2.75) is 26.4 Å². The van der Waals surface area contributed by atoms with Gasteiger partial charge in [0.2, 0.25) is 10.0 Å². The van der Waals surface area contributed by atoms with Crippen molar-refractivity contribution in [3.05, 3.63) is 0 Å². The Balaban J connectivity index is 2.54. The van der Waals surface area contributed by atoms with E-state index in [9.17, 15) is 8.42 Å². The van der Waals surface area contributed by atoms with Crippen molar-refractivity contribution in [2.75, 3.05) is 30.8 Å². The third kappa shape index (κ3) is 4.31. The SMILES string of the molecule is CC(C)CCS(=O)(=O)N1CCOC(CBr)C1. The lowest BCUT2D eigenvalue weighted by atomic mass is 10.2. The normalized spacial score (nSPS) is 23.9. The van der Waals surface area contributed by atoms with Crippen LogP contribution in [0.3, 0.4) is 0 Å². The first kappa shape index (κ1) is 14.4. The summed E-state index contributed by atoms with van der Waals surface area (Å²) in [5, 5.41) is 0.684. The molecule has 0 radical (unpaired) electrons. The van der Waals surface area contributed by atoms with E-state index in [0.717, 1.165) is 6.42 Å². The van der Waals surface area contributed by atoms with Gasteiger partial charge in [0.15, 0.2) is 0 Å². The fourth-order valence-corrected chi connectivity index (χ4v) is 3.72. The second kappa shape index (κ2) is 6.33. The average Bonchev–Trinajstić information content (AvgIpc) is 2.27. The van der Waals surface area contributed by atoms with E-state index < -0.39 is 10.0 Å². The lowest BCUT2D eigenvalue weighted by molar-refractivity contribution is 0.0136. The van der Waals surface area contributed by atoms with E-state index in [1.165, 1.54) is 0 Å². The number of sulfonamides is 1. The number of morpholine rings is 1. The van der Waals surface area contributed by atoms with Crippen LogP contribution in [-0.2, 0) is 14.8 Å². The molecular formula is C10H20BrNO3S. The molecule has 4 nitrogen and oxygen atoms in total. The van der Waals surface area contributed by atoms with E-state index in [1.54, 1.807) is 4.31 Å². The van der Waals surface area contributed by atoms with Crippen molar-refractivity contribution in [2.24, 2.45) is 5.92 Å². The molecule has 1 aliphatic heterocycles. The van der Waals surface area contributed by atoms with E-state index in [4.69, 9.17) is 4.74 Å². The van der Waals surface area contributed by atoms with Crippen LogP contribution < -0.4 is 0 Å². The Morgan fingerprint density at radius 1 is 1.50 bits per heavy atom. The Kier molecular flexibility index (Phi) is 5.70. The summed E-state index contributed by atoms with van der Waals surface area (Å²) in [5.74, 6) is 0.669. The summed E-state index contributed by atoms with van der Waals surface area (Å²) in [6.45, 7) is 5.54. The van der Waals surface area contributed by atoms with Crippen LogP contribution in [0.4, 0.5) is 0 Å².